The number of carbonyl (C=O) groups is 2. The van der Waals surface area contributed by atoms with Crippen LogP contribution in [0, 0.1) is 5.92 Å². The molecular formula is C24H29N7O2. The number of anilines is 1. The van der Waals surface area contributed by atoms with Crippen LogP contribution in [-0.2, 0) is 11.2 Å². The number of piperidine rings is 1. The lowest BCUT2D eigenvalue weighted by Gasteiger charge is -2.38. The third-order valence-electron chi connectivity index (χ3n) is 6.80. The summed E-state index contributed by atoms with van der Waals surface area (Å²) in [7, 11) is 0. The van der Waals surface area contributed by atoms with Crippen molar-refractivity contribution in [3.8, 4) is 0 Å². The Kier molecular flexibility index (Phi) is 5.93. The third kappa shape index (κ3) is 4.40. The van der Waals surface area contributed by atoms with Crippen LogP contribution in [-0.4, -0.2) is 80.7 Å². The predicted octanol–water partition coefficient (Wildman–Crippen LogP) is 1.89. The van der Waals surface area contributed by atoms with Gasteiger partial charge in [-0.25, -0.2) is 0 Å². The zero-order chi connectivity index (χ0) is 22.8. The van der Waals surface area contributed by atoms with Crippen molar-refractivity contribution in [3.63, 3.8) is 0 Å². The van der Waals surface area contributed by atoms with E-state index in [1.165, 1.54) is 5.56 Å². The highest BCUT2D eigenvalue weighted by Gasteiger charge is 2.32. The highest BCUT2D eigenvalue weighted by Crippen LogP contribution is 2.24. The lowest BCUT2D eigenvalue weighted by molar-refractivity contribution is -0.137. The molecule has 172 valence electrons. The van der Waals surface area contributed by atoms with Gasteiger partial charge in [-0.05, 0) is 49.1 Å². The smallest absolute Gasteiger partial charge is 0.253 e. The molecule has 4 heterocycles. The quantitative estimate of drug-likeness (QED) is 0.607. The Labute approximate surface area is 193 Å². The molecule has 0 radical (unpaired) electrons. The number of fused-ring (bicyclic) bond motifs is 1. The SMILES string of the molecule is CCc1ccc(C(=O)N2CCN(C(=O)C3CCN(c4ccc5nncn5n4)CC3)CC2)cc1. The van der Waals surface area contributed by atoms with Crippen LogP contribution in [0.4, 0.5) is 5.82 Å². The number of aryl methyl sites for hydroxylation is 1. The maximum absolute atomic E-state index is 13.1. The van der Waals surface area contributed by atoms with E-state index in [4.69, 9.17) is 0 Å². The number of aromatic nitrogens is 4. The Balaban J connectivity index is 1.12. The number of amides is 2. The van der Waals surface area contributed by atoms with Gasteiger partial charge in [0, 0.05) is 50.7 Å². The van der Waals surface area contributed by atoms with Gasteiger partial charge in [0.1, 0.15) is 12.1 Å². The summed E-state index contributed by atoms with van der Waals surface area (Å²) in [6, 6.07) is 11.7. The minimum absolute atomic E-state index is 0.0312. The van der Waals surface area contributed by atoms with Crippen molar-refractivity contribution in [2.75, 3.05) is 44.2 Å². The number of hydrogen-bond donors (Lipinski definition) is 0. The fraction of sp³-hybridized carbons (Fsp3) is 0.458. The minimum atomic E-state index is 0.0312. The molecule has 1 aromatic carbocycles. The Morgan fingerprint density at radius 2 is 1.61 bits per heavy atom. The second-order valence-corrected chi connectivity index (χ2v) is 8.75. The molecule has 0 unspecified atom stereocenters. The first-order valence-corrected chi connectivity index (χ1v) is 11.7. The van der Waals surface area contributed by atoms with Crippen LogP contribution in [0.15, 0.2) is 42.7 Å². The van der Waals surface area contributed by atoms with Crippen LogP contribution >= 0.6 is 0 Å². The third-order valence-corrected chi connectivity index (χ3v) is 6.80. The maximum atomic E-state index is 13.1. The number of piperazine rings is 1. The van der Waals surface area contributed by atoms with Gasteiger partial charge in [0.05, 0.1) is 0 Å². The molecule has 2 amide bonds. The maximum Gasteiger partial charge on any atom is 0.253 e. The molecule has 33 heavy (non-hydrogen) atoms. The second-order valence-electron chi connectivity index (χ2n) is 8.75. The Hall–Kier alpha value is -3.49. The van der Waals surface area contributed by atoms with E-state index in [1.807, 2.05) is 46.2 Å². The van der Waals surface area contributed by atoms with E-state index in [2.05, 4.69) is 27.1 Å². The molecule has 0 saturated carbocycles. The average molecular weight is 448 g/mol. The number of rotatable bonds is 4. The molecular weight excluding hydrogens is 418 g/mol. The summed E-state index contributed by atoms with van der Waals surface area (Å²) in [6.45, 7) is 6.06. The van der Waals surface area contributed by atoms with Gasteiger partial charge < -0.3 is 14.7 Å². The van der Waals surface area contributed by atoms with Crippen LogP contribution < -0.4 is 4.90 Å². The second kappa shape index (κ2) is 9.17. The summed E-state index contributed by atoms with van der Waals surface area (Å²) in [4.78, 5) is 31.9. The molecule has 2 aliphatic rings. The molecule has 0 atom stereocenters. The number of benzene rings is 1. The molecule has 5 rings (SSSR count). The predicted molar refractivity (Wildman–Crippen MR) is 124 cm³/mol. The zero-order valence-electron chi connectivity index (χ0n) is 18.9. The van der Waals surface area contributed by atoms with Crippen molar-refractivity contribution < 1.29 is 9.59 Å². The van der Waals surface area contributed by atoms with Gasteiger partial charge in [-0.2, -0.15) is 4.52 Å². The van der Waals surface area contributed by atoms with Crippen molar-refractivity contribution >= 4 is 23.3 Å². The zero-order valence-corrected chi connectivity index (χ0v) is 18.9. The van der Waals surface area contributed by atoms with Gasteiger partial charge in [0.15, 0.2) is 5.65 Å². The molecule has 0 bridgehead atoms. The first-order chi connectivity index (χ1) is 16.1. The summed E-state index contributed by atoms with van der Waals surface area (Å²) >= 11 is 0. The average Bonchev–Trinajstić information content (AvgIpc) is 3.36. The van der Waals surface area contributed by atoms with E-state index in [1.54, 1.807) is 10.8 Å². The van der Waals surface area contributed by atoms with Gasteiger partial charge >= 0.3 is 0 Å². The summed E-state index contributed by atoms with van der Waals surface area (Å²) in [5.41, 5.74) is 2.67. The van der Waals surface area contributed by atoms with Gasteiger partial charge in [0.2, 0.25) is 5.91 Å². The fourth-order valence-electron chi connectivity index (χ4n) is 4.70. The highest BCUT2D eigenvalue weighted by molar-refractivity contribution is 5.94. The highest BCUT2D eigenvalue weighted by atomic mass is 16.2. The van der Waals surface area contributed by atoms with E-state index >= 15 is 0 Å². The lowest BCUT2D eigenvalue weighted by Crippen LogP contribution is -2.53. The first kappa shape index (κ1) is 21.4. The van der Waals surface area contributed by atoms with Crippen LogP contribution in [0.3, 0.4) is 0 Å². The van der Waals surface area contributed by atoms with Crippen molar-refractivity contribution in [3.05, 3.63) is 53.9 Å². The van der Waals surface area contributed by atoms with Crippen molar-refractivity contribution in [1.82, 2.24) is 29.6 Å². The van der Waals surface area contributed by atoms with Gasteiger partial charge in [-0.1, -0.05) is 19.1 Å². The van der Waals surface area contributed by atoms with E-state index in [-0.39, 0.29) is 17.7 Å². The van der Waals surface area contributed by atoms with E-state index < -0.39 is 0 Å². The topological polar surface area (TPSA) is 86.9 Å². The number of nitrogens with zero attached hydrogens (tertiary/aromatic N) is 7. The Morgan fingerprint density at radius 1 is 0.909 bits per heavy atom. The summed E-state index contributed by atoms with van der Waals surface area (Å²) in [5.74, 6) is 1.18. The van der Waals surface area contributed by atoms with Crippen LogP contribution in [0.1, 0.15) is 35.7 Å². The van der Waals surface area contributed by atoms with Gasteiger partial charge in [-0.15, -0.1) is 15.3 Å². The van der Waals surface area contributed by atoms with Crippen molar-refractivity contribution in [2.24, 2.45) is 5.92 Å². The Morgan fingerprint density at radius 3 is 2.30 bits per heavy atom. The first-order valence-electron chi connectivity index (χ1n) is 11.7. The minimum Gasteiger partial charge on any atom is -0.355 e. The summed E-state index contributed by atoms with van der Waals surface area (Å²) in [6.07, 6.45) is 4.18. The van der Waals surface area contributed by atoms with E-state index in [0.717, 1.165) is 49.4 Å². The largest absolute Gasteiger partial charge is 0.355 e. The molecule has 0 aliphatic carbocycles. The van der Waals surface area contributed by atoms with Crippen LogP contribution in [0.5, 0.6) is 0 Å². The standard InChI is InChI=1S/C24H29N7O2/c1-2-18-3-5-19(6-4-18)23(32)29-13-15-30(16-14-29)24(33)20-9-11-28(12-10-20)22-8-7-21-26-25-17-31(21)27-22/h3-8,17,20H,2,9-16H2,1H3. The summed E-state index contributed by atoms with van der Waals surface area (Å²) in [5, 5.41) is 12.4. The van der Waals surface area contributed by atoms with Crippen molar-refractivity contribution in [2.45, 2.75) is 26.2 Å². The van der Waals surface area contributed by atoms with E-state index in [9.17, 15) is 9.59 Å². The van der Waals surface area contributed by atoms with Crippen LogP contribution in [0.25, 0.3) is 5.65 Å². The fourth-order valence-corrected chi connectivity index (χ4v) is 4.70. The van der Waals surface area contributed by atoms with E-state index in [0.29, 0.717) is 26.2 Å². The molecule has 0 N–H and O–H groups in total. The monoisotopic (exact) mass is 447 g/mol. The van der Waals surface area contributed by atoms with Crippen molar-refractivity contribution in [1.29, 1.82) is 0 Å². The lowest BCUT2D eigenvalue weighted by atomic mass is 9.95. The molecule has 2 aliphatic heterocycles. The molecule has 2 saturated heterocycles. The normalized spacial score (nSPS) is 17.5. The van der Waals surface area contributed by atoms with Gasteiger partial charge in [0.25, 0.3) is 5.91 Å². The van der Waals surface area contributed by atoms with Gasteiger partial charge in [-0.3, -0.25) is 9.59 Å². The molecule has 0 spiro atoms. The Bertz CT molecular complexity index is 1130. The number of carbonyl (C=O) groups excluding carboxylic acids is 2. The molecule has 2 fully saturated rings. The van der Waals surface area contributed by atoms with Crippen LogP contribution in [0.2, 0.25) is 0 Å². The molecule has 9 nitrogen and oxygen atoms in total. The molecule has 9 heteroatoms. The molecule has 2 aromatic heterocycles. The summed E-state index contributed by atoms with van der Waals surface area (Å²) < 4.78 is 1.67. The number of hydrogen-bond acceptors (Lipinski definition) is 6. The molecule has 3 aromatic rings.